The quantitative estimate of drug-likeness (QED) is 0.696. The molecule has 0 heterocycles. The van der Waals surface area contributed by atoms with E-state index in [1.807, 2.05) is 19.1 Å². The molecule has 19 heavy (non-hydrogen) atoms. The SMILES string of the molecule is CCOc1cc(CCN)ccc1OCCCC(C)C. The molecule has 0 radical (unpaired) electrons. The summed E-state index contributed by atoms with van der Waals surface area (Å²) in [5.41, 5.74) is 6.77. The minimum atomic E-state index is 0.647. The summed E-state index contributed by atoms with van der Waals surface area (Å²) >= 11 is 0. The van der Waals surface area contributed by atoms with Gasteiger partial charge in [-0.15, -0.1) is 0 Å². The van der Waals surface area contributed by atoms with Crippen molar-refractivity contribution >= 4 is 0 Å². The molecule has 3 heteroatoms. The maximum Gasteiger partial charge on any atom is 0.161 e. The maximum absolute atomic E-state index is 5.82. The van der Waals surface area contributed by atoms with Crippen LogP contribution in [0.4, 0.5) is 0 Å². The van der Waals surface area contributed by atoms with E-state index in [1.54, 1.807) is 0 Å². The molecule has 0 spiro atoms. The van der Waals surface area contributed by atoms with E-state index in [4.69, 9.17) is 15.2 Å². The largest absolute Gasteiger partial charge is 0.490 e. The molecule has 1 rings (SSSR count). The highest BCUT2D eigenvalue weighted by Crippen LogP contribution is 2.29. The third kappa shape index (κ3) is 5.97. The number of nitrogens with two attached hydrogens (primary N) is 1. The topological polar surface area (TPSA) is 44.5 Å². The van der Waals surface area contributed by atoms with E-state index >= 15 is 0 Å². The maximum atomic E-state index is 5.82. The van der Waals surface area contributed by atoms with Crippen LogP contribution in [0, 0.1) is 5.92 Å². The van der Waals surface area contributed by atoms with Crippen molar-refractivity contribution in [3.8, 4) is 11.5 Å². The van der Waals surface area contributed by atoms with Gasteiger partial charge in [0.1, 0.15) is 0 Å². The zero-order valence-electron chi connectivity index (χ0n) is 12.4. The van der Waals surface area contributed by atoms with E-state index in [1.165, 1.54) is 12.0 Å². The first-order valence-electron chi connectivity index (χ1n) is 7.26. The zero-order valence-corrected chi connectivity index (χ0v) is 12.4. The lowest BCUT2D eigenvalue weighted by Crippen LogP contribution is -2.05. The van der Waals surface area contributed by atoms with Gasteiger partial charge < -0.3 is 15.2 Å². The summed E-state index contributed by atoms with van der Waals surface area (Å²) in [4.78, 5) is 0. The highest BCUT2D eigenvalue weighted by Gasteiger charge is 2.06. The molecule has 3 nitrogen and oxygen atoms in total. The van der Waals surface area contributed by atoms with E-state index in [0.29, 0.717) is 13.2 Å². The highest BCUT2D eigenvalue weighted by atomic mass is 16.5. The Kier molecular flexibility index (Phi) is 7.34. The van der Waals surface area contributed by atoms with Gasteiger partial charge in [-0.1, -0.05) is 19.9 Å². The van der Waals surface area contributed by atoms with Gasteiger partial charge in [0.05, 0.1) is 13.2 Å². The second-order valence-electron chi connectivity index (χ2n) is 5.14. The second kappa shape index (κ2) is 8.81. The molecule has 0 fully saturated rings. The van der Waals surface area contributed by atoms with Crippen LogP contribution >= 0.6 is 0 Å². The lowest BCUT2D eigenvalue weighted by Gasteiger charge is -2.13. The molecule has 1 aromatic rings. The Morgan fingerprint density at radius 1 is 1.16 bits per heavy atom. The Morgan fingerprint density at radius 2 is 1.95 bits per heavy atom. The average molecular weight is 265 g/mol. The van der Waals surface area contributed by atoms with Crippen molar-refractivity contribution in [2.45, 2.75) is 40.0 Å². The molecule has 0 aliphatic carbocycles. The van der Waals surface area contributed by atoms with Crippen molar-refractivity contribution in [1.82, 2.24) is 0 Å². The van der Waals surface area contributed by atoms with E-state index in [0.717, 1.165) is 36.9 Å². The van der Waals surface area contributed by atoms with Gasteiger partial charge in [-0.2, -0.15) is 0 Å². The zero-order chi connectivity index (χ0) is 14.1. The van der Waals surface area contributed by atoms with Crippen LogP contribution < -0.4 is 15.2 Å². The third-order valence-electron chi connectivity index (χ3n) is 2.92. The molecule has 0 atom stereocenters. The minimum Gasteiger partial charge on any atom is -0.490 e. The van der Waals surface area contributed by atoms with Crippen molar-refractivity contribution in [2.24, 2.45) is 11.7 Å². The van der Waals surface area contributed by atoms with E-state index in [-0.39, 0.29) is 0 Å². The molecule has 2 N–H and O–H groups in total. The Hall–Kier alpha value is -1.22. The smallest absolute Gasteiger partial charge is 0.161 e. The summed E-state index contributed by atoms with van der Waals surface area (Å²) in [7, 11) is 0. The van der Waals surface area contributed by atoms with Crippen LogP contribution in [-0.4, -0.2) is 19.8 Å². The fourth-order valence-corrected chi connectivity index (χ4v) is 1.94. The second-order valence-corrected chi connectivity index (χ2v) is 5.14. The molecule has 0 saturated carbocycles. The van der Waals surface area contributed by atoms with Crippen LogP contribution in [0.15, 0.2) is 18.2 Å². The normalized spacial score (nSPS) is 10.8. The fourth-order valence-electron chi connectivity index (χ4n) is 1.94. The first-order chi connectivity index (χ1) is 9.17. The number of hydrogen-bond acceptors (Lipinski definition) is 3. The van der Waals surface area contributed by atoms with Crippen molar-refractivity contribution in [3.63, 3.8) is 0 Å². The Morgan fingerprint density at radius 3 is 2.58 bits per heavy atom. The molecule has 0 saturated heterocycles. The van der Waals surface area contributed by atoms with Crippen molar-refractivity contribution in [1.29, 1.82) is 0 Å². The van der Waals surface area contributed by atoms with Gasteiger partial charge in [-0.3, -0.25) is 0 Å². The first kappa shape index (κ1) is 15.8. The number of hydrogen-bond donors (Lipinski definition) is 1. The molecule has 0 aliphatic heterocycles. The van der Waals surface area contributed by atoms with Gasteiger partial charge in [0.15, 0.2) is 11.5 Å². The predicted octanol–water partition coefficient (Wildman–Crippen LogP) is 3.40. The predicted molar refractivity (Wildman–Crippen MR) is 79.9 cm³/mol. The molecule has 0 amide bonds. The monoisotopic (exact) mass is 265 g/mol. The lowest BCUT2D eigenvalue weighted by atomic mass is 10.1. The Balaban J connectivity index is 2.59. The molecular formula is C16H27NO2. The summed E-state index contributed by atoms with van der Waals surface area (Å²) in [6.07, 6.45) is 3.14. The van der Waals surface area contributed by atoms with Gasteiger partial charge in [-0.05, 0) is 56.3 Å². The standard InChI is InChI=1S/C16H27NO2/c1-4-18-16-12-14(9-10-17)7-8-15(16)19-11-5-6-13(2)3/h7-8,12-13H,4-6,9-11,17H2,1-3H3. The molecule has 0 aliphatic rings. The summed E-state index contributed by atoms with van der Waals surface area (Å²) in [5, 5.41) is 0. The van der Waals surface area contributed by atoms with Gasteiger partial charge in [0.25, 0.3) is 0 Å². The number of benzene rings is 1. The van der Waals surface area contributed by atoms with Crippen LogP contribution in [0.5, 0.6) is 11.5 Å². The van der Waals surface area contributed by atoms with Crippen LogP contribution in [0.1, 0.15) is 39.2 Å². The van der Waals surface area contributed by atoms with E-state index < -0.39 is 0 Å². The molecule has 0 aromatic heterocycles. The van der Waals surface area contributed by atoms with E-state index in [9.17, 15) is 0 Å². The molecule has 108 valence electrons. The molecule has 0 unspecified atom stereocenters. The highest BCUT2D eigenvalue weighted by molar-refractivity contribution is 5.43. The molecule has 0 bridgehead atoms. The Bertz CT molecular complexity index is 364. The minimum absolute atomic E-state index is 0.647. The summed E-state index contributed by atoms with van der Waals surface area (Å²) in [5.74, 6) is 2.39. The van der Waals surface area contributed by atoms with Crippen LogP contribution in [0.3, 0.4) is 0 Å². The van der Waals surface area contributed by atoms with Gasteiger partial charge in [-0.25, -0.2) is 0 Å². The van der Waals surface area contributed by atoms with Gasteiger partial charge in [0.2, 0.25) is 0 Å². The van der Waals surface area contributed by atoms with E-state index in [2.05, 4.69) is 19.9 Å². The third-order valence-corrected chi connectivity index (χ3v) is 2.92. The Labute approximate surface area is 117 Å². The van der Waals surface area contributed by atoms with Crippen LogP contribution in [0.2, 0.25) is 0 Å². The average Bonchev–Trinajstić information content (AvgIpc) is 2.37. The van der Waals surface area contributed by atoms with Crippen molar-refractivity contribution in [2.75, 3.05) is 19.8 Å². The number of ether oxygens (including phenoxy) is 2. The molecular weight excluding hydrogens is 238 g/mol. The van der Waals surface area contributed by atoms with Gasteiger partial charge >= 0.3 is 0 Å². The summed E-state index contributed by atoms with van der Waals surface area (Å²) in [6.45, 7) is 8.49. The number of rotatable bonds is 9. The summed E-state index contributed by atoms with van der Waals surface area (Å²) in [6, 6.07) is 6.09. The van der Waals surface area contributed by atoms with Crippen molar-refractivity contribution in [3.05, 3.63) is 23.8 Å². The molecule has 1 aromatic carbocycles. The van der Waals surface area contributed by atoms with Gasteiger partial charge in [0, 0.05) is 0 Å². The summed E-state index contributed by atoms with van der Waals surface area (Å²) < 4.78 is 11.5. The fraction of sp³-hybridized carbons (Fsp3) is 0.625. The van der Waals surface area contributed by atoms with Crippen molar-refractivity contribution < 1.29 is 9.47 Å². The van der Waals surface area contributed by atoms with Crippen LogP contribution in [0.25, 0.3) is 0 Å². The lowest BCUT2D eigenvalue weighted by molar-refractivity contribution is 0.266. The van der Waals surface area contributed by atoms with Crippen LogP contribution in [-0.2, 0) is 6.42 Å². The first-order valence-corrected chi connectivity index (χ1v) is 7.26.